The molecule has 0 aromatic carbocycles. The van der Waals surface area contributed by atoms with Gasteiger partial charge in [-0.3, -0.25) is 4.79 Å². The van der Waals surface area contributed by atoms with Crippen molar-refractivity contribution in [1.29, 1.82) is 0 Å². The van der Waals surface area contributed by atoms with Crippen molar-refractivity contribution >= 4 is 5.91 Å². The van der Waals surface area contributed by atoms with Gasteiger partial charge < -0.3 is 11.1 Å². The second-order valence-electron chi connectivity index (χ2n) is 4.88. The van der Waals surface area contributed by atoms with Crippen molar-refractivity contribution in [3.63, 3.8) is 0 Å². The molecule has 2 unspecified atom stereocenters. The van der Waals surface area contributed by atoms with Crippen LogP contribution >= 0.6 is 0 Å². The first-order valence-electron chi connectivity index (χ1n) is 5.33. The molecule has 3 N–H and O–H groups in total. The van der Waals surface area contributed by atoms with Gasteiger partial charge in [-0.25, -0.2) is 0 Å². The molecule has 0 aromatic rings. The molecule has 1 amide bonds. The minimum absolute atomic E-state index is 0.0570. The minimum Gasteiger partial charge on any atom is -0.355 e. The quantitative estimate of drug-likeness (QED) is 0.707. The van der Waals surface area contributed by atoms with Crippen LogP contribution in [0.25, 0.3) is 0 Å². The highest BCUT2D eigenvalue weighted by atomic mass is 16.1. The maximum absolute atomic E-state index is 11.6. The fraction of sp³-hybridized carbons (Fsp3) is 0.909. The molecular formula is C11H24N2O. The Hall–Kier alpha value is -0.570. The van der Waals surface area contributed by atoms with Crippen LogP contribution in [0, 0.1) is 11.3 Å². The Balaban J connectivity index is 3.97. The molecule has 3 heteroatoms. The topological polar surface area (TPSA) is 55.1 Å². The number of hydrogen-bond acceptors (Lipinski definition) is 2. The first kappa shape index (κ1) is 13.4. The number of nitrogens with one attached hydrogen (secondary N) is 1. The van der Waals surface area contributed by atoms with Gasteiger partial charge in [-0.15, -0.1) is 0 Å². The van der Waals surface area contributed by atoms with E-state index < -0.39 is 0 Å². The fourth-order valence-electron chi connectivity index (χ4n) is 0.851. The number of nitrogens with two attached hydrogens (primary N) is 1. The molecule has 0 aliphatic rings. The van der Waals surface area contributed by atoms with Crippen LogP contribution in [0.15, 0.2) is 0 Å². The second kappa shape index (κ2) is 5.35. The van der Waals surface area contributed by atoms with Gasteiger partial charge in [0.1, 0.15) is 0 Å². The molecule has 2 atom stereocenters. The van der Waals surface area contributed by atoms with E-state index in [1.807, 2.05) is 13.8 Å². The van der Waals surface area contributed by atoms with Gasteiger partial charge in [0.15, 0.2) is 0 Å². The Morgan fingerprint density at radius 1 is 1.43 bits per heavy atom. The minimum atomic E-state index is -0.109. The molecule has 0 bridgehead atoms. The maximum atomic E-state index is 11.6. The number of amides is 1. The third-order valence-electron chi connectivity index (χ3n) is 2.90. The van der Waals surface area contributed by atoms with E-state index in [0.717, 1.165) is 13.0 Å². The molecule has 0 rings (SSSR count). The van der Waals surface area contributed by atoms with Crippen LogP contribution in [0.5, 0.6) is 0 Å². The zero-order valence-electron chi connectivity index (χ0n) is 10.1. The van der Waals surface area contributed by atoms with E-state index in [1.165, 1.54) is 0 Å². The Labute approximate surface area is 87.4 Å². The molecule has 3 nitrogen and oxygen atoms in total. The molecule has 0 aliphatic carbocycles. The van der Waals surface area contributed by atoms with Crippen LogP contribution in [-0.4, -0.2) is 18.5 Å². The number of rotatable bonds is 5. The number of carbonyl (C=O) groups is 1. The summed E-state index contributed by atoms with van der Waals surface area (Å²) in [7, 11) is 0. The van der Waals surface area contributed by atoms with Crippen LogP contribution in [0.3, 0.4) is 0 Å². The van der Waals surface area contributed by atoms with Crippen molar-refractivity contribution in [3.05, 3.63) is 0 Å². The first-order valence-corrected chi connectivity index (χ1v) is 5.33. The largest absolute Gasteiger partial charge is 0.355 e. The average Bonchev–Trinajstić information content (AvgIpc) is 2.13. The summed E-state index contributed by atoms with van der Waals surface area (Å²) in [6.45, 7) is 10.8. The van der Waals surface area contributed by atoms with Gasteiger partial charge in [0.05, 0.1) is 0 Å². The van der Waals surface area contributed by atoms with Crippen molar-refractivity contribution in [2.24, 2.45) is 17.1 Å². The average molecular weight is 200 g/mol. The van der Waals surface area contributed by atoms with Crippen molar-refractivity contribution in [1.82, 2.24) is 5.32 Å². The molecule has 0 saturated carbocycles. The zero-order valence-corrected chi connectivity index (χ0v) is 10.1. The van der Waals surface area contributed by atoms with Gasteiger partial charge in [0, 0.05) is 18.5 Å². The van der Waals surface area contributed by atoms with Gasteiger partial charge in [-0.1, -0.05) is 27.7 Å². The maximum Gasteiger partial charge on any atom is 0.224 e. The third-order valence-corrected chi connectivity index (χ3v) is 2.90. The van der Waals surface area contributed by atoms with Gasteiger partial charge in [0.25, 0.3) is 0 Å². The molecule has 0 aliphatic heterocycles. The molecule has 0 saturated heterocycles. The SMILES string of the molecule is CCC(C)(C)CNC(=O)C(C)C(C)N. The Morgan fingerprint density at radius 2 is 1.93 bits per heavy atom. The molecule has 0 radical (unpaired) electrons. The molecule has 0 spiro atoms. The highest BCUT2D eigenvalue weighted by Crippen LogP contribution is 2.17. The molecule has 0 heterocycles. The smallest absolute Gasteiger partial charge is 0.224 e. The van der Waals surface area contributed by atoms with Gasteiger partial charge in [-0.2, -0.15) is 0 Å². The predicted molar refractivity (Wildman–Crippen MR) is 59.9 cm³/mol. The summed E-state index contributed by atoms with van der Waals surface area (Å²) in [5.41, 5.74) is 5.82. The van der Waals surface area contributed by atoms with E-state index in [4.69, 9.17) is 5.73 Å². The summed E-state index contributed by atoms with van der Waals surface area (Å²) < 4.78 is 0. The molecular weight excluding hydrogens is 176 g/mol. The van der Waals surface area contributed by atoms with E-state index in [-0.39, 0.29) is 23.3 Å². The van der Waals surface area contributed by atoms with Crippen molar-refractivity contribution in [3.8, 4) is 0 Å². The Kier molecular flexibility index (Phi) is 5.13. The normalized spacial score (nSPS) is 16.1. The Morgan fingerprint density at radius 3 is 2.29 bits per heavy atom. The summed E-state index contributed by atoms with van der Waals surface area (Å²) in [6, 6.07) is -0.0836. The van der Waals surface area contributed by atoms with E-state index >= 15 is 0 Å². The van der Waals surface area contributed by atoms with Crippen molar-refractivity contribution in [2.75, 3.05) is 6.54 Å². The summed E-state index contributed by atoms with van der Waals surface area (Å²) in [4.78, 5) is 11.6. The monoisotopic (exact) mass is 200 g/mol. The molecule has 14 heavy (non-hydrogen) atoms. The van der Waals surface area contributed by atoms with E-state index in [1.54, 1.807) is 0 Å². The lowest BCUT2D eigenvalue weighted by atomic mass is 9.90. The van der Waals surface area contributed by atoms with E-state index in [0.29, 0.717) is 0 Å². The van der Waals surface area contributed by atoms with Crippen molar-refractivity contribution in [2.45, 2.75) is 47.1 Å². The second-order valence-corrected chi connectivity index (χ2v) is 4.88. The number of hydrogen-bond donors (Lipinski definition) is 2. The van der Waals surface area contributed by atoms with E-state index in [2.05, 4.69) is 26.1 Å². The van der Waals surface area contributed by atoms with E-state index in [9.17, 15) is 4.79 Å². The van der Waals surface area contributed by atoms with Crippen LogP contribution in [0.4, 0.5) is 0 Å². The summed E-state index contributed by atoms with van der Waals surface area (Å²) in [6.07, 6.45) is 1.06. The molecule has 0 aromatic heterocycles. The summed E-state index contributed by atoms with van der Waals surface area (Å²) in [5, 5.41) is 2.94. The summed E-state index contributed by atoms with van der Waals surface area (Å²) >= 11 is 0. The van der Waals surface area contributed by atoms with Gasteiger partial charge in [0.2, 0.25) is 5.91 Å². The zero-order chi connectivity index (χ0) is 11.4. The standard InChI is InChI=1S/C11H24N2O/c1-6-11(4,5)7-13-10(14)8(2)9(3)12/h8-9H,6-7,12H2,1-5H3,(H,13,14). The highest BCUT2D eigenvalue weighted by molar-refractivity contribution is 5.78. The third kappa shape index (κ3) is 4.61. The number of carbonyl (C=O) groups excluding carboxylic acids is 1. The van der Waals surface area contributed by atoms with Crippen LogP contribution in [0.2, 0.25) is 0 Å². The highest BCUT2D eigenvalue weighted by Gasteiger charge is 2.20. The lowest BCUT2D eigenvalue weighted by Gasteiger charge is -2.24. The summed E-state index contributed by atoms with van der Waals surface area (Å²) in [5.74, 6) is -0.0517. The van der Waals surface area contributed by atoms with Crippen LogP contribution in [-0.2, 0) is 4.79 Å². The van der Waals surface area contributed by atoms with Crippen molar-refractivity contribution < 1.29 is 4.79 Å². The van der Waals surface area contributed by atoms with Crippen LogP contribution < -0.4 is 11.1 Å². The van der Waals surface area contributed by atoms with Gasteiger partial charge >= 0.3 is 0 Å². The Bertz CT molecular complexity index is 188. The first-order chi connectivity index (χ1) is 6.30. The lowest BCUT2D eigenvalue weighted by molar-refractivity contribution is -0.125. The lowest BCUT2D eigenvalue weighted by Crippen LogP contribution is -2.42. The fourth-order valence-corrected chi connectivity index (χ4v) is 0.851. The molecule has 0 fully saturated rings. The van der Waals surface area contributed by atoms with Gasteiger partial charge in [-0.05, 0) is 18.8 Å². The van der Waals surface area contributed by atoms with Crippen LogP contribution in [0.1, 0.15) is 41.0 Å². The molecule has 84 valence electrons. The predicted octanol–water partition coefficient (Wildman–Crippen LogP) is 1.52.